The molecule has 0 aliphatic heterocycles. The third kappa shape index (κ3) is 4.80. The predicted molar refractivity (Wildman–Crippen MR) is 74.4 cm³/mol. The Morgan fingerprint density at radius 2 is 2.00 bits per heavy atom. The number of nitrogens with one attached hydrogen (secondary N) is 1. The van der Waals surface area contributed by atoms with Gasteiger partial charge in [-0.05, 0) is 59.0 Å². The molecule has 1 aliphatic rings. The quantitative estimate of drug-likeness (QED) is 0.613. The van der Waals surface area contributed by atoms with Crippen LogP contribution in [0.15, 0.2) is 24.3 Å². The molecule has 0 unspecified atom stereocenters. The van der Waals surface area contributed by atoms with Gasteiger partial charge in [0.1, 0.15) is 0 Å². The average Bonchev–Trinajstić information content (AvgIpc) is 3.10. The van der Waals surface area contributed by atoms with Crippen LogP contribution in [0, 0.1) is 9.49 Å². The topological polar surface area (TPSA) is 21.3 Å². The fourth-order valence-electron chi connectivity index (χ4n) is 1.51. The van der Waals surface area contributed by atoms with Gasteiger partial charge in [0.05, 0.1) is 6.61 Å². The van der Waals surface area contributed by atoms with E-state index in [1.807, 2.05) is 0 Å². The van der Waals surface area contributed by atoms with E-state index in [0.29, 0.717) is 0 Å². The van der Waals surface area contributed by atoms with E-state index < -0.39 is 0 Å². The highest BCUT2D eigenvalue weighted by Gasteiger charge is 2.20. The Morgan fingerprint density at radius 3 is 2.69 bits per heavy atom. The van der Waals surface area contributed by atoms with Gasteiger partial charge >= 0.3 is 0 Å². The summed E-state index contributed by atoms with van der Waals surface area (Å²) in [5.74, 6) is 0.871. The minimum atomic E-state index is 0.834. The first-order chi connectivity index (χ1) is 7.84. The molecule has 0 saturated heterocycles. The Bertz CT molecular complexity index is 308. The summed E-state index contributed by atoms with van der Waals surface area (Å²) in [5, 5.41) is 3.39. The van der Waals surface area contributed by atoms with E-state index in [2.05, 4.69) is 52.2 Å². The fraction of sp³-hybridized carbons (Fsp3) is 0.538. The van der Waals surface area contributed by atoms with E-state index in [1.165, 1.54) is 22.0 Å². The lowest BCUT2D eigenvalue weighted by molar-refractivity contribution is 0.126. The normalized spacial score (nSPS) is 15.3. The van der Waals surface area contributed by atoms with Crippen LogP contribution in [-0.4, -0.2) is 19.8 Å². The molecule has 1 aliphatic carbocycles. The van der Waals surface area contributed by atoms with Crippen molar-refractivity contribution in [3.8, 4) is 0 Å². The van der Waals surface area contributed by atoms with Crippen LogP contribution in [-0.2, 0) is 11.3 Å². The smallest absolute Gasteiger partial charge is 0.0591 e. The standard InChI is InChI=1S/C13H18INO/c14-13-5-3-11(4-6-13)9-15-7-8-16-10-12-1-2-12/h3-6,12,15H,1-2,7-10H2. The monoisotopic (exact) mass is 331 g/mol. The predicted octanol–water partition coefficient (Wildman–Crippen LogP) is 2.81. The van der Waals surface area contributed by atoms with Crippen molar-refractivity contribution in [2.45, 2.75) is 19.4 Å². The zero-order valence-corrected chi connectivity index (χ0v) is 11.6. The summed E-state index contributed by atoms with van der Waals surface area (Å²) in [7, 11) is 0. The Hall–Kier alpha value is -0.130. The Labute approximate surface area is 111 Å². The molecule has 0 bridgehead atoms. The zero-order valence-electron chi connectivity index (χ0n) is 9.42. The molecule has 88 valence electrons. The van der Waals surface area contributed by atoms with Crippen molar-refractivity contribution in [1.29, 1.82) is 0 Å². The number of halogens is 1. The van der Waals surface area contributed by atoms with Crippen molar-refractivity contribution in [2.24, 2.45) is 5.92 Å². The van der Waals surface area contributed by atoms with E-state index >= 15 is 0 Å². The molecule has 1 aromatic rings. The van der Waals surface area contributed by atoms with Crippen molar-refractivity contribution < 1.29 is 4.74 Å². The molecule has 0 radical (unpaired) electrons. The van der Waals surface area contributed by atoms with Gasteiger partial charge in [0.25, 0.3) is 0 Å². The molecule has 0 amide bonds. The SMILES string of the molecule is Ic1ccc(CNCCOCC2CC2)cc1. The molecule has 0 aromatic heterocycles. The second-order valence-corrected chi connectivity index (χ2v) is 5.57. The van der Waals surface area contributed by atoms with Gasteiger partial charge in [-0.3, -0.25) is 0 Å². The number of ether oxygens (including phenoxy) is 1. The molecule has 2 rings (SSSR count). The number of hydrogen-bond acceptors (Lipinski definition) is 2. The van der Waals surface area contributed by atoms with Gasteiger partial charge in [0, 0.05) is 23.3 Å². The van der Waals surface area contributed by atoms with E-state index in [4.69, 9.17) is 4.74 Å². The van der Waals surface area contributed by atoms with Gasteiger partial charge < -0.3 is 10.1 Å². The summed E-state index contributed by atoms with van der Waals surface area (Å²) in [4.78, 5) is 0. The van der Waals surface area contributed by atoms with Crippen LogP contribution in [0.1, 0.15) is 18.4 Å². The van der Waals surface area contributed by atoms with Gasteiger partial charge in [0.15, 0.2) is 0 Å². The second kappa shape index (κ2) is 6.57. The van der Waals surface area contributed by atoms with Gasteiger partial charge in [-0.25, -0.2) is 0 Å². The zero-order chi connectivity index (χ0) is 11.2. The molecule has 0 spiro atoms. The third-order valence-electron chi connectivity index (χ3n) is 2.72. The highest BCUT2D eigenvalue weighted by atomic mass is 127. The highest BCUT2D eigenvalue weighted by Crippen LogP contribution is 2.28. The fourth-order valence-corrected chi connectivity index (χ4v) is 1.87. The summed E-state index contributed by atoms with van der Waals surface area (Å²) >= 11 is 2.32. The molecule has 3 heteroatoms. The van der Waals surface area contributed by atoms with Gasteiger partial charge in [-0.1, -0.05) is 12.1 Å². The minimum absolute atomic E-state index is 0.834. The molecule has 0 atom stereocenters. The van der Waals surface area contributed by atoms with Gasteiger partial charge in [-0.15, -0.1) is 0 Å². The lowest BCUT2D eigenvalue weighted by Gasteiger charge is -2.06. The van der Waals surface area contributed by atoms with Crippen LogP contribution in [0.4, 0.5) is 0 Å². The molecule has 1 saturated carbocycles. The van der Waals surface area contributed by atoms with Crippen molar-refractivity contribution in [3.63, 3.8) is 0 Å². The van der Waals surface area contributed by atoms with Gasteiger partial charge in [0.2, 0.25) is 0 Å². The number of benzene rings is 1. The van der Waals surface area contributed by atoms with Crippen LogP contribution in [0.2, 0.25) is 0 Å². The lowest BCUT2D eigenvalue weighted by Crippen LogP contribution is -2.19. The number of rotatable bonds is 7. The molecule has 0 heterocycles. The Balaban J connectivity index is 1.51. The first kappa shape index (κ1) is 12.3. The molecule has 1 fully saturated rings. The summed E-state index contributed by atoms with van der Waals surface area (Å²) in [6.07, 6.45) is 2.74. The van der Waals surface area contributed by atoms with Crippen molar-refractivity contribution in [1.82, 2.24) is 5.32 Å². The summed E-state index contributed by atoms with van der Waals surface area (Å²) in [6, 6.07) is 8.61. The Morgan fingerprint density at radius 1 is 1.25 bits per heavy atom. The third-order valence-corrected chi connectivity index (χ3v) is 3.44. The van der Waals surface area contributed by atoms with Crippen molar-refractivity contribution in [3.05, 3.63) is 33.4 Å². The average molecular weight is 331 g/mol. The van der Waals surface area contributed by atoms with Gasteiger partial charge in [-0.2, -0.15) is 0 Å². The van der Waals surface area contributed by atoms with E-state index in [1.54, 1.807) is 0 Å². The largest absolute Gasteiger partial charge is 0.380 e. The maximum Gasteiger partial charge on any atom is 0.0591 e. The van der Waals surface area contributed by atoms with Crippen LogP contribution in [0.25, 0.3) is 0 Å². The minimum Gasteiger partial charge on any atom is -0.380 e. The first-order valence-corrected chi connectivity index (χ1v) is 6.95. The van der Waals surface area contributed by atoms with E-state index in [0.717, 1.165) is 32.2 Å². The van der Waals surface area contributed by atoms with Crippen LogP contribution in [0.5, 0.6) is 0 Å². The molecule has 2 nitrogen and oxygen atoms in total. The number of hydrogen-bond donors (Lipinski definition) is 1. The molecule has 16 heavy (non-hydrogen) atoms. The molecule has 1 N–H and O–H groups in total. The molecular weight excluding hydrogens is 313 g/mol. The van der Waals surface area contributed by atoms with Crippen LogP contribution in [0.3, 0.4) is 0 Å². The summed E-state index contributed by atoms with van der Waals surface area (Å²) in [6.45, 7) is 3.68. The summed E-state index contributed by atoms with van der Waals surface area (Å²) in [5.41, 5.74) is 1.34. The van der Waals surface area contributed by atoms with E-state index in [9.17, 15) is 0 Å². The molecule has 1 aromatic carbocycles. The Kier molecular flexibility index (Phi) is 5.06. The highest BCUT2D eigenvalue weighted by molar-refractivity contribution is 14.1. The lowest BCUT2D eigenvalue weighted by atomic mass is 10.2. The summed E-state index contributed by atoms with van der Waals surface area (Å²) < 4.78 is 6.84. The van der Waals surface area contributed by atoms with Crippen LogP contribution >= 0.6 is 22.6 Å². The second-order valence-electron chi connectivity index (χ2n) is 4.32. The maximum atomic E-state index is 5.55. The van der Waals surface area contributed by atoms with Crippen molar-refractivity contribution >= 4 is 22.6 Å². The first-order valence-electron chi connectivity index (χ1n) is 5.87. The van der Waals surface area contributed by atoms with Crippen molar-refractivity contribution in [2.75, 3.05) is 19.8 Å². The van der Waals surface area contributed by atoms with Crippen LogP contribution < -0.4 is 5.32 Å². The maximum absolute atomic E-state index is 5.55. The van der Waals surface area contributed by atoms with E-state index in [-0.39, 0.29) is 0 Å². The molecular formula is C13H18INO.